The van der Waals surface area contributed by atoms with Crippen LogP contribution in [0.25, 0.3) is 0 Å². The van der Waals surface area contributed by atoms with Gasteiger partial charge in [-0.15, -0.1) is 0 Å². The summed E-state index contributed by atoms with van der Waals surface area (Å²) < 4.78 is 0. The molecule has 2 aromatic carbocycles. The lowest BCUT2D eigenvalue weighted by Crippen LogP contribution is -2.45. The highest BCUT2D eigenvalue weighted by Crippen LogP contribution is 2.37. The van der Waals surface area contributed by atoms with Crippen molar-refractivity contribution in [1.29, 1.82) is 0 Å². The molecule has 0 saturated heterocycles. The van der Waals surface area contributed by atoms with Crippen LogP contribution in [0.15, 0.2) is 48.5 Å². The van der Waals surface area contributed by atoms with Gasteiger partial charge in [0.15, 0.2) is 0 Å². The molecular formula is C20H22ClN3O2. The summed E-state index contributed by atoms with van der Waals surface area (Å²) in [6.45, 7) is 2.62. The Kier molecular flexibility index (Phi) is 5.78. The smallest absolute Gasteiger partial charge is 0.318 e. The standard InChI is InChI=1S/C20H22ClN3O2/c1-2-3-11-22-20(26)24-13-18(25)23-17-10-9-15(21)12-16(17)19(24)14-7-5-4-6-8-14/h4-10,12,19H,2-3,11,13H2,1H3,(H,22,26)(H,23,25). The topological polar surface area (TPSA) is 61.4 Å². The lowest BCUT2D eigenvalue weighted by molar-refractivity contribution is -0.116. The second-order valence-corrected chi connectivity index (χ2v) is 6.74. The van der Waals surface area contributed by atoms with E-state index in [0.29, 0.717) is 17.3 Å². The van der Waals surface area contributed by atoms with Crippen molar-refractivity contribution in [2.45, 2.75) is 25.8 Å². The number of rotatable bonds is 4. The molecule has 0 saturated carbocycles. The molecule has 5 nitrogen and oxygen atoms in total. The molecule has 0 spiro atoms. The average Bonchev–Trinajstić information content (AvgIpc) is 2.78. The average molecular weight is 372 g/mol. The SMILES string of the molecule is CCCCNC(=O)N1CC(=O)Nc2ccc(Cl)cc2C1c1ccccc1. The molecule has 1 aliphatic heterocycles. The second-order valence-electron chi connectivity index (χ2n) is 6.31. The summed E-state index contributed by atoms with van der Waals surface area (Å²) in [5.41, 5.74) is 2.41. The number of anilines is 1. The maximum atomic E-state index is 12.9. The van der Waals surface area contributed by atoms with E-state index in [4.69, 9.17) is 11.6 Å². The molecule has 1 atom stereocenters. The molecule has 0 aliphatic carbocycles. The molecule has 2 N–H and O–H groups in total. The molecular weight excluding hydrogens is 350 g/mol. The Labute approximate surface area is 158 Å². The number of hydrogen-bond donors (Lipinski definition) is 2. The van der Waals surface area contributed by atoms with E-state index in [2.05, 4.69) is 17.6 Å². The molecule has 6 heteroatoms. The van der Waals surface area contributed by atoms with Crippen molar-refractivity contribution in [1.82, 2.24) is 10.2 Å². The number of unbranched alkanes of at least 4 members (excludes halogenated alkanes) is 1. The highest BCUT2D eigenvalue weighted by Gasteiger charge is 2.33. The van der Waals surface area contributed by atoms with Gasteiger partial charge >= 0.3 is 6.03 Å². The van der Waals surface area contributed by atoms with E-state index in [1.54, 1.807) is 17.0 Å². The Balaban J connectivity index is 2.05. The fourth-order valence-corrected chi connectivity index (χ4v) is 3.32. The van der Waals surface area contributed by atoms with Gasteiger partial charge in [-0.2, -0.15) is 0 Å². The molecule has 0 aromatic heterocycles. The van der Waals surface area contributed by atoms with Crippen molar-refractivity contribution >= 4 is 29.2 Å². The zero-order valence-corrected chi connectivity index (χ0v) is 15.4. The number of hydrogen-bond acceptors (Lipinski definition) is 2. The summed E-state index contributed by atoms with van der Waals surface area (Å²) in [5.74, 6) is -0.224. The molecule has 2 aromatic rings. The van der Waals surface area contributed by atoms with Gasteiger partial charge in [-0.05, 0) is 30.2 Å². The molecule has 0 bridgehead atoms. The number of amides is 3. The van der Waals surface area contributed by atoms with Gasteiger partial charge < -0.3 is 15.5 Å². The Bertz CT molecular complexity index is 795. The summed E-state index contributed by atoms with van der Waals surface area (Å²) >= 11 is 6.22. The molecule has 0 radical (unpaired) electrons. The van der Waals surface area contributed by atoms with Crippen molar-refractivity contribution in [2.24, 2.45) is 0 Å². The lowest BCUT2D eigenvalue weighted by Gasteiger charge is -2.30. The van der Waals surface area contributed by atoms with Gasteiger partial charge in [-0.25, -0.2) is 4.79 Å². The minimum absolute atomic E-state index is 0.0240. The number of fused-ring (bicyclic) bond motifs is 1. The summed E-state index contributed by atoms with van der Waals surface area (Å²) in [6.07, 6.45) is 1.88. The van der Waals surface area contributed by atoms with Crippen molar-refractivity contribution < 1.29 is 9.59 Å². The molecule has 136 valence electrons. The first kappa shape index (κ1) is 18.3. The van der Waals surface area contributed by atoms with Crippen LogP contribution in [0.4, 0.5) is 10.5 Å². The Morgan fingerprint density at radius 1 is 1.27 bits per heavy atom. The Hall–Kier alpha value is -2.53. The zero-order chi connectivity index (χ0) is 18.5. The quantitative estimate of drug-likeness (QED) is 0.791. The predicted molar refractivity (Wildman–Crippen MR) is 103 cm³/mol. The van der Waals surface area contributed by atoms with Gasteiger partial charge in [-0.1, -0.05) is 55.3 Å². The summed E-state index contributed by atoms with van der Waals surface area (Å²) in [7, 11) is 0. The third-order valence-corrected chi connectivity index (χ3v) is 4.63. The van der Waals surface area contributed by atoms with Gasteiger partial charge in [0.1, 0.15) is 6.54 Å². The first-order valence-corrected chi connectivity index (χ1v) is 9.16. The summed E-state index contributed by atoms with van der Waals surface area (Å²) in [6, 6.07) is 14.4. The zero-order valence-electron chi connectivity index (χ0n) is 14.7. The summed E-state index contributed by atoms with van der Waals surface area (Å²) in [4.78, 5) is 26.8. The van der Waals surface area contributed by atoms with Gasteiger partial charge in [0.2, 0.25) is 5.91 Å². The van der Waals surface area contributed by atoms with Crippen LogP contribution in [0.5, 0.6) is 0 Å². The van der Waals surface area contributed by atoms with E-state index in [1.807, 2.05) is 36.4 Å². The highest BCUT2D eigenvalue weighted by molar-refractivity contribution is 6.30. The number of nitrogens with one attached hydrogen (secondary N) is 2. The second kappa shape index (κ2) is 8.23. The van der Waals surface area contributed by atoms with E-state index in [9.17, 15) is 9.59 Å². The van der Waals surface area contributed by atoms with Gasteiger partial charge in [0, 0.05) is 22.8 Å². The molecule has 1 unspecified atom stereocenters. The maximum absolute atomic E-state index is 12.9. The van der Waals surface area contributed by atoms with Crippen molar-refractivity contribution in [3.63, 3.8) is 0 Å². The fraction of sp³-hybridized carbons (Fsp3) is 0.300. The van der Waals surface area contributed by atoms with E-state index in [0.717, 1.165) is 24.0 Å². The number of benzene rings is 2. The van der Waals surface area contributed by atoms with Gasteiger partial charge in [0.05, 0.1) is 6.04 Å². The van der Waals surface area contributed by atoms with Crippen LogP contribution < -0.4 is 10.6 Å². The number of carbonyl (C=O) groups excluding carboxylic acids is 2. The number of nitrogens with zero attached hydrogens (tertiary/aromatic N) is 1. The largest absolute Gasteiger partial charge is 0.338 e. The minimum Gasteiger partial charge on any atom is -0.338 e. The van der Waals surface area contributed by atoms with Crippen LogP contribution in [-0.2, 0) is 4.79 Å². The van der Waals surface area contributed by atoms with E-state index < -0.39 is 6.04 Å². The normalized spacial score (nSPS) is 16.5. The fourth-order valence-electron chi connectivity index (χ4n) is 3.13. The van der Waals surface area contributed by atoms with E-state index in [1.165, 1.54) is 0 Å². The molecule has 3 amide bonds. The molecule has 1 heterocycles. The van der Waals surface area contributed by atoms with Gasteiger partial charge in [-0.3, -0.25) is 4.79 Å². The number of urea groups is 1. The Morgan fingerprint density at radius 2 is 2.04 bits per heavy atom. The third kappa shape index (κ3) is 3.99. The number of carbonyl (C=O) groups is 2. The molecule has 26 heavy (non-hydrogen) atoms. The van der Waals surface area contributed by atoms with Crippen molar-refractivity contribution in [2.75, 3.05) is 18.4 Å². The summed E-state index contributed by atoms with van der Waals surface area (Å²) in [5, 5.41) is 6.37. The van der Waals surface area contributed by atoms with Crippen LogP contribution in [0.2, 0.25) is 5.02 Å². The lowest BCUT2D eigenvalue weighted by atomic mass is 9.96. The first-order valence-electron chi connectivity index (χ1n) is 8.79. The van der Waals surface area contributed by atoms with Crippen LogP contribution in [0, 0.1) is 0 Å². The highest BCUT2D eigenvalue weighted by atomic mass is 35.5. The van der Waals surface area contributed by atoms with Crippen LogP contribution in [-0.4, -0.2) is 29.9 Å². The van der Waals surface area contributed by atoms with E-state index in [-0.39, 0.29) is 18.5 Å². The molecule has 3 rings (SSSR count). The first-order chi connectivity index (χ1) is 12.6. The molecule has 0 fully saturated rings. The van der Waals surface area contributed by atoms with Crippen LogP contribution >= 0.6 is 11.6 Å². The van der Waals surface area contributed by atoms with Crippen molar-refractivity contribution in [3.8, 4) is 0 Å². The van der Waals surface area contributed by atoms with Gasteiger partial charge in [0.25, 0.3) is 0 Å². The predicted octanol–water partition coefficient (Wildman–Crippen LogP) is 4.19. The monoisotopic (exact) mass is 371 g/mol. The maximum Gasteiger partial charge on any atom is 0.318 e. The molecule has 1 aliphatic rings. The minimum atomic E-state index is -0.398. The van der Waals surface area contributed by atoms with Crippen LogP contribution in [0.1, 0.15) is 36.9 Å². The van der Waals surface area contributed by atoms with Crippen LogP contribution in [0.3, 0.4) is 0 Å². The van der Waals surface area contributed by atoms with E-state index >= 15 is 0 Å². The number of halogens is 1. The van der Waals surface area contributed by atoms with Crippen molar-refractivity contribution in [3.05, 3.63) is 64.7 Å². The Morgan fingerprint density at radius 3 is 2.77 bits per heavy atom. The third-order valence-electron chi connectivity index (χ3n) is 4.39.